The molecule has 2 rings (SSSR count). The summed E-state index contributed by atoms with van der Waals surface area (Å²) in [6.07, 6.45) is -0.733. The molecule has 1 atom stereocenters. The monoisotopic (exact) mass is 246 g/mol. The summed E-state index contributed by atoms with van der Waals surface area (Å²) >= 11 is 0. The minimum atomic E-state index is -0.733. The Morgan fingerprint density at radius 2 is 2.17 bits per heavy atom. The molecule has 2 N–H and O–H groups in total. The maximum atomic E-state index is 11.6. The maximum absolute atomic E-state index is 11.6. The molecule has 1 aromatic heterocycles. The van der Waals surface area contributed by atoms with Gasteiger partial charge in [0.15, 0.2) is 5.69 Å². The molecular weight excluding hydrogens is 232 g/mol. The van der Waals surface area contributed by atoms with Crippen molar-refractivity contribution >= 4 is 5.91 Å². The van der Waals surface area contributed by atoms with Gasteiger partial charge in [0.2, 0.25) is 0 Å². The molecule has 1 aromatic carbocycles. The van der Waals surface area contributed by atoms with Crippen molar-refractivity contribution < 1.29 is 14.4 Å². The lowest BCUT2D eigenvalue weighted by Crippen LogP contribution is -2.28. The Morgan fingerprint density at radius 1 is 1.44 bits per heavy atom. The number of rotatable bonds is 4. The molecule has 0 saturated heterocycles. The first kappa shape index (κ1) is 12.3. The predicted octanol–water partition coefficient (Wildman–Crippen LogP) is 1.45. The molecule has 0 aliphatic carbocycles. The normalized spacial score (nSPS) is 12.1. The molecule has 18 heavy (non-hydrogen) atoms. The number of amides is 1. The molecule has 1 amide bonds. The summed E-state index contributed by atoms with van der Waals surface area (Å²) in [6.45, 7) is 1.84. The second-order valence-electron chi connectivity index (χ2n) is 3.96. The van der Waals surface area contributed by atoms with E-state index < -0.39 is 6.10 Å². The highest BCUT2D eigenvalue weighted by Crippen LogP contribution is 2.10. The number of aromatic nitrogens is 1. The number of nitrogens with one attached hydrogen (secondary N) is 1. The van der Waals surface area contributed by atoms with Gasteiger partial charge in [-0.25, -0.2) is 0 Å². The lowest BCUT2D eigenvalue weighted by atomic mass is 10.1. The van der Waals surface area contributed by atoms with E-state index >= 15 is 0 Å². The minimum absolute atomic E-state index is 0.134. The summed E-state index contributed by atoms with van der Waals surface area (Å²) in [7, 11) is 0. The second-order valence-corrected chi connectivity index (χ2v) is 3.96. The van der Waals surface area contributed by atoms with Crippen LogP contribution in [0.3, 0.4) is 0 Å². The highest BCUT2D eigenvalue weighted by atomic mass is 16.5. The zero-order chi connectivity index (χ0) is 13.0. The summed E-state index contributed by atoms with van der Waals surface area (Å²) in [5.41, 5.74) is 0.974. The van der Waals surface area contributed by atoms with Gasteiger partial charge >= 0.3 is 0 Å². The number of carbonyl (C=O) groups is 1. The number of carbonyl (C=O) groups excluding carboxylic acids is 1. The van der Waals surface area contributed by atoms with Crippen molar-refractivity contribution in [3.8, 4) is 0 Å². The van der Waals surface area contributed by atoms with Crippen molar-refractivity contribution in [1.29, 1.82) is 0 Å². The smallest absolute Gasteiger partial charge is 0.273 e. The fourth-order valence-electron chi connectivity index (χ4n) is 1.55. The summed E-state index contributed by atoms with van der Waals surface area (Å²) in [6, 6.07) is 10.7. The molecule has 0 radical (unpaired) electrons. The van der Waals surface area contributed by atoms with Gasteiger partial charge in [-0.05, 0) is 12.5 Å². The van der Waals surface area contributed by atoms with E-state index in [0.29, 0.717) is 5.76 Å². The van der Waals surface area contributed by atoms with E-state index in [1.54, 1.807) is 25.1 Å². The van der Waals surface area contributed by atoms with Gasteiger partial charge in [-0.1, -0.05) is 35.5 Å². The first-order valence-electron chi connectivity index (χ1n) is 5.61. The van der Waals surface area contributed by atoms with Crippen LogP contribution in [0.1, 0.15) is 27.9 Å². The number of hydrogen-bond donors (Lipinski definition) is 2. The third kappa shape index (κ3) is 2.95. The number of benzene rings is 1. The molecule has 0 spiro atoms. The second kappa shape index (κ2) is 5.46. The molecule has 94 valence electrons. The number of aliphatic hydroxyl groups excluding tert-OH is 1. The van der Waals surface area contributed by atoms with Gasteiger partial charge in [-0.15, -0.1) is 0 Å². The van der Waals surface area contributed by atoms with Crippen molar-refractivity contribution in [2.45, 2.75) is 13.0 Å². The van der Waals surface area contributed by atoms with Gasteiger partial charge in [0.05, 0.1) is 6.10 Å². The molecule has 1 unspecified atom stereocenters. The van der Waals surface area contributed by atoms with Crippen LogP contribution in [-0.4, -0.2) is 22.7 Å². The third-order valence-electron chi connectivity index (χ3n) is 2.50. The predicted molar refractivity (Wildman–Crippen MR) is 65.0 cm³/mol. The summed E-state index contributed by atoms with van der Waals surface area (Å²) in [4.78, 5) is 11.6. The van der Waals surface area contributed by atoms with Crippen LogP contribution in [0.15, 0.2) is 40.9 Å². The Hall–Kier alpha value is -2.14. The largest absolute Gasteiger partial charge is 0.387 e. The van der Waals surface area contributed by atoms with Crippen molar-refractivity contribution in [1.82, 2.24) is 10.5 Å². The zero-order valence-corrected chi connectivity index (χ0v) is 9.96. The molecule has 0 aliphatic rings. The van der Waals surface area contributed by atoms with Crippen molar-refractivity contribution in [3.05, 3.63) is 53.4 Å². The lowest BCUT2D eigenvalue weighted by Gasteiger charge is -2.11. The van der Waals surface area contributed by atoms with Crippen LogP contribution < -0.4 is 5.32 Å². The number of nitrogens with zero attached hydrogens (tertiary/aromatic N) is 1. The number of aryl methyl sites for hydroxylation is 1. The van der Waals surface area contributed by atoms with Crippen LogP contribution in [0.25, 0.3) is 0 Å². The molecule has 0 bridgehead atoms. The molecule has 2 aromatic rings. The Balaban J connectivity index is 1.90. The Morgan fingerprint density at radius 3 is 2.78 bits per heavy atom. The van der Waals surface area contributed by atoms with E-state index in [-0.39, 0.29) is 18.1 Å². The quantitative estimate of drug-likeness (QED) is 0.856. The average molecular weight is 246 g/mol. The summed E-state index contributed by atoms with van der Waals surface area (Å²) in [5.74, 6) is 0.214. The van der Waals surface area contributed by atoms with E-state index in [0.717, 1.165) is 5.56 Å². The van der Waals surface area contributed by atoms with Gasteiger partial charge < -0.3 is 14.9 Å². The van der Waals surface area contributed by atoms with E-state index in [1.807, 2.05) is 18.2 Å². The van der Waals surface area contributed by atoms with E-state index in [4.69, 9.17) is 4.52 Å². The lowest BCUT2D eigenvalue weighted by molar-refractivity contribution is 0.0907. The maximum Gasteiger partial charge on any atom is 0.273 e. The van der Waals surface area contributed by atoms with Crippen molar-refractivity contribution in [2.24, 2.45) is 0 Å². The Kier molecular flexibility index (Phi) is 3.74. The van der Waals surface area contributed by atoms with E-state index in [2.05, 4.69) is 10.5 Å². The van der Waals surface area contributed by atoms with Crippen LogP contribution in [0.5, 0.6) is 0 Å². The van der Waals surface area contributed by atoms with Crippen molar-refractivity contribution in [2.75, 3.05) is 6.54 Å². The Bertz CT molecular complexity index is 522. The van der Waals surface area contributed by atoms with Crippen molar-refractivity contribution in [3.63, 3.8) is 0 Å². The molecular formula is C13H14N2O3. The average Bonchev–Trinajstić information content (AvgIpc) is 2.83. The third-order valence-corrected chi connectivity index (χ3v) is 2.50. The fourth-order valence-corrected chi connectivity index (χ4v) is 1.55. The van der Waals surface area contributed by atoms with E-state index in [9.17, 15) is 9.90 Å². The van der Waals surface area contributed by atoms with Gasteiger partial charge in [-0.3, -0.25) is 4.79 Å². The molecule has 0 saturated carbocycles. The van der Waals surface area contributed by atoms with Crippen LogP contribution in [0, 0.1) is 6.92 Å². The van der Waals surface area contributed by atoms with Crippen LogP contribution in [-0.2, 0) is 0 Å². The summed E-state index contributed by atoms with van der Waals surface area (Å²) in [5, 5.41) is 16.1. The highest BCUT2D eigenvalue weighted by molar-refractivity contribution is 5.92. The van der Waals surface area contributed by atoms with Crippen LogP contribution in [0.4, 0.5) is 0 Å². The fraction of sp³-hybridized carbons (Fsp3) is 0.231. The first-order valence-corrected chi connectivity index (χ1v) is 5.61. The summed E-state index contributed by atoms with van der Waals surface area (Å²) < 4.78 is 4.80. The molecule has 5 nitrogen and oxygen atoms in total. The Labute approximate surface area is 104 Å². The minimum Gasteiger partial charge on any atom is -0.387 e. The van der Waals surface area contributed by atoms with Gasteiger partial charge in [0.25, 0.3) is 5.91 Å². The zero-order valence-electron chi connectivity index (χ0n) is 9.96. The van der Waals surface area contributed by atoms with Gasteiger partial charge in [0.1, 0.15) is 5.76 Å². The van der Waals surface area contributed by atoms with Gasteiger partial charge in [-0.2, -0.15) is 0 Å². The first-order chi connectivity index (χ1) is 8.66. The highest BCUT2D eigenvalue weighted by Gasteiger charge is 2.13. The molecule has 1 heterocycles. The molecule has 0 aliphatic heterocycles. The number of hydrogen-bond acceptors (Lipinski definition) is 4. The number of aliphatic hydroxyl groups is 1. The molecule has 0 fully saturated rings. The van der Waals surface area contributed by atoms with E-state index in [1.165, 1.54) is 0 Å². The van der Waals surface area contributed by atoms with Gasteiger partial charge in [0, 0.05) is 12.6 Å². The van der Waals surface area contributed by atoms with Crippen LogP contribution in [0.2, 0.25) is 0 Å². The SMILES string of the molecule is Cc1cc(C(=O)NCC(O)c2ccccc2)no1. The standard InChI is InChI=1S/C13H14N2O3/c1-9-7-11(15-18-9)13(17)14-8-12(16)10-5-3-2-4-6-10/h2-7,12,16H,8H2,1H3,(H,14,17). The van der Waals surface area contributed by atoms with Crippen LogP contribution >= 0.6 is 0 Å². The molecule has 5 heteroatoms. The topological polar surface area (TPSA) is 75.4 Å².